The Morgan fingerprint density at radius 3 is 0.652 bits per heavy atom. The van der Waals surface area contributed by atoms with E-state index >= 15 is 0 Å². The first-order valence-corrected chi connectivity index (χ1v) is 47.2. The van der Waals surface area contributed by atoms with Gasteiger partial charge in [-0.05, 0) is 260 Å². The van der Waals surface area contributed by atoms with Crippen LogP contribution >= 0.6 is 0 Å². The quantitative estimate of drug-likeness (QED) is 0.102. The van der Waals surface area contributed by atoms with Gasteiger partial charge in [0.05, 0.1) is 44.1 Å². The van der Waals surface area contributed by atoms with Crippen molar-refractivity contribution in [3.05, 3.63) is 522 Å². The highest BCUT2D eigenvalue weighted by atomic mass is 15.1. The first-order chi connectivity index (χ1) is 68.1. The average Bonchev–Trinajstić information content (AvgIpc) is 1.60. The summed E-state index contributed by atoms with van der Waals surface area (Å²) in [6.07, 6.45) is 0. The third kappa shape index (κ3) is 16.2. The van der Waals surface area contributed by atoms with Crippen LogP contribution in [-0.2, 0) is 0 Å². The molecule has 8 nitrogen and oxygen atoms in total. The summed E-state index contributed by atoms with van der Waals surface area (Å²) in [4.78, 5) is 9.00. The first kappa shape index (κ1) is 84.3. The molecule has 0 unspecified atom stereocenters. The van der Waals surface area contributed by atoms with Crippen molar-refractivity contribution in [3.63, 3.8) is 0 Å². The predicted octanol–water partition coefficient (Wildman–Crippen LogP) is 34.7. The second-order valence-electron chi connectivity index (χ2n) is 35.5. The van der Waals surface area contributed by atoms with Crippen LogP contribution in [0.15, 0.2) is 522 Å². The van der Waals surface area contributed by atoms with Gasteiger partial charge in [-0.15, -0.1) is 0 Å². The van der Waals surface area contributed by atoms with E-state index in [4.69, 9.17) is 0 Å². The first-order valence-electron chi connectivity index (χ1n) is 47.2. The summed E-state index contributed by atoms with van der Waals surface area (Å²) in [6, 6.07) is 187. The Morgan fingerprint density at radius 2 is 0.319 bits per heavy atom. The second kappa shape index (κ2) is 36.9. The molecule has 0 fully saturated rings. The smallest absolute Gasteiger partial charge is 0.0542 e. The molecule has 26 rings (SSSR count). The van der Waals surface area contributed by atoms with Crippen LogP contribution in [-0.4, -0.2) is 46.5 Å². The maximum Gasteiger partial charge on any atom is 0.0542 e. The summed E-state index contributed by atoms with van der Waals surface area (Å²) in [5.41, 5.74) is 31.2. The molecule has 0 saturated carbocycles. The molecule has 0 saturated heterocycles. The molecule has 0 bridgehead atoms. The minimum Gasteiger partial charge on any atom is -0.345 e. The molecule has 4 aromatic heterocycles. The summed E-state index contributed by atoms with van der Waals surface area (Å²) in [7, 11) is 8.53. The van der Waals surface area contributed by atoms with Gasteiger partial charge in [-0.1, -0.05) is 328 Å². The van der Waals surface area contributed by atoms with Crippen molar-refractivity contribution in [2.75, 3.05) is 47.8 Å². The number of nitrogens with zero attached hydrogens (tertiary/aromatic N) is 8. The molecular weight excluding hydrogens is 1670 g/mol. The number of rotatable bonds is 15. The number of aromatic nitrogens is 4. The van der Waals surface area contributed by atoms with Gasteiger partial charge in [-0.2, -0.15) is 0 Å². The van der Waals surface area contributed by atoms with Crippen LogP contribution in [0.1, 0.15) is 0 Å². The summed E-state index contributed by atoms with van der Waals surface area (Å²) in [5.74, 6) is 0. The van der Waals surface area contributed by atoms with Crippen molar-refractivity contribution in [2.45, 2.75) is 0 Å². The third-order valence-corrected chi connectivity index (χ3v) is 27.4. The van der Waals surface area contributed by atoms with Gasteiger partial charge in [-0.3, -0.25) is 0 Å². The van der Waals surface area contributed by atoms with Crippen molar-refractivity contribution in [1.29, 1.82) is 0 Å². The van der Waals surface area contributed by atoms with E-state index in [9.17, 15) is 0 Å². The lowest BCUT2D eigenvalue weighted by atomic mass is 10.1. The van der Waals surface area contributed by atoms with E-state index in [1.165, 1.54) is 204 Å². The summed E-state index contributed by atoms with van der Waals surface area (Å²) < 4.78 is 9.49. The van der Waals surface area contributed by atoms with Gasteiger partial charge < -0.3 is 37.9 Å². The lowest BCUT2D eigenvalue weighted by Gasteiger charge is -2.20. The fourth-order valence-corrected chi connectivity index (χ4v) is 20.1. The lowest BCUT2D eigenvalue weighted by Crippen LogP contribution is -2.09. The summed E-state index contributed by atoms with van der Waals surface area (Å²) in [5, 5.41) is 17.7. The van der Waals surface area contributed by atoms with Crippen LogP contribution in [0.2, 0.25) is 0 Å². The Balaban J connectivity index is 0.000000104. The monoisotopic (exact) mass is 1770 g/mol. The van der Waals surface area contributed by atoms with E-state index in [-0.39, 0.29) is 0 Å². The van der Waals surface area contributed by atoms with Crippen LogP contribution in [0.3, 0.4) is 0 Å². The number of hydrogen-bond donors (Lipinski definition) is 0. The number of hydrogen-bond acceptors (Lipinski definition) is 4. The number of para-hydroxylation sites is 6. The Bertz CT molecular complexity index is 8880. The fourth-order valence-electron chi connectivity index (χ4n) is 20.1. The molecule has 4 heterocycles. The minimum absolute atomic E-state index is 1.16. The largest absolute Gasteiger partial charge is 0.345 e. The van der Waals surface area contributed by atoms with Crippen molar-refractivity contribution < 1.29 is 0 Å². The Hall–Kier alpha value is -18.0. The van der Waals surface area contributed by atoms with Gasteiger partial charge in [-0.25, -0.2) is 0 Å². The van der Waals surface area contributed by atoms with E-state index in [2.05, 4.69) is 588 Å². The highest BCUT2D eigenvalue weighted by molar-refractivity contribution is 6.14. The molecule has 0 aliphatic rings. The number of anilines is 8. The molecule has 0 aliphatic carbocycles. The normalized spacial score (nSPS) is 11.3. The number of benzene rings is 22. The van der Waals surface area contributed by atoms with E-state index < -0.39 is 0 Å². The molecule has 138 heavy (non-hydrogen) atoms. The Kier molecular flexibility index (Phi) is 22.5. The van der Waals surface area contributed by atoms with Crippen LogP contribution in [0, 0.1) is 0 Å². The average molecular weight is 1770 g/mol. The van der Waals surface area contributed by atoms with E-state index in [0.29, 0.717) is 0 Å². The predicted molar refractivity (Wildman–Crippen MR) is 590 cm³/mol. The SMILES string of the molecule is CN(c1ccc(-c2ccccc2)cc1)c1ccc2c(c1)c1ccccc1n2-c1ccc(-c2ccccc2)cc1.CN(c1ccc(-c2ccccc2)cc1)c1ccc2c(c1)c1ccccc1n2-c1ccc2ccccc2c1.CN(c1ccc(-n2c3ccccc3c3ccccc32)cc1)c1ccc2ccccc2c1.CN(c1ccccc1)c1ccc2c(c1)c1ccccc1n2-c1ccc2ccccc2c1. The van der Waals surface area contributed by atoms with E-state index in [0.717, 1.165) is 17.1 Å². The molecule has 8 heteroatoms. The molecule has 0 spiro atoms. The molecule has 22 aromatic carbocycles. The van der Waals surface area contributed by atoms with E-state index in [1.54, 1.807) is 0 Å². The van der Waals surface area contributed by atoms with Gasteiger partial charge in [0.15, 0.2) is 0 Å². The zero-order valence-corrected chi connectivity index (χ0v) is 77.2. The van der Waals surface area contributed by atoms with Crippen LogP contribution < -0.4 is 19.6 Å². The highest BCUT2D eigenvalue weighted by Gasteiger charge is 2.21. The molecular formula is C130H98N8. The highest BCUT2D eigenvalue weighted by Crippen LogP contribution is 2.43. The van der Waals surface area contributed by atoms with Gasteiger partial charge in [0.1, 0.15) is 0 Å². The second-order valence-corrected chi connectivity index (χ2v) is 35.5. The van der Waals surface area contributed by atoms with Crippen molar-refractivity contribution >= 4 is 165 Å². The summed E-state index contributed by atoms with van der Waals surface area (Å²) in [6.45, 7) is 0. The molecule has 26 aromatic rings. The third-order valence-electron chi connectivity index (χ3n) is 27.4. The van der Waals surface area contributed by atoms with Crippen molar-refractivity contribution in [1.82, 2.24) is 18.3 Å². The van der Waals surface area contributed by atoms with E-state index in [1.807, 2.05) is 0 Å². The van der Waals surface area contributed by atoms with Crippen molar-refractivity contribution in [2.24, 2.45) is 0 Å². The van der Waals surface area contributed by atoms with Crippen LogP contribution in [0.4, 0.5) is 45.5 Å². The van der Waals surface area contributed by atoms with Gasteiger partial charge in [0, 0.05) is 140 Å². The topological polar surface area (TPSA) is 32.7 Å². The standard InChI is InChI=1S/C37H28N2.C35H26N2.2C29H22N2/c1-38(31-20-16-29(17-21-31)27-10-4-2-5-11-27)33-24-25-37-35(26-33)34-14-8-9-15-36(34)39(37)32-22-18-30(19-23-32)28-12-6-3-7-13-28;1-36(29-18-15-27(16-19-29)25-9-3-2-4-10-25)30-21-22-35-33(24-30)32-13-7-8-14-34(32)37(35)31-20-17-26-11-5-6-12-28(26)23-31;1-30(25-15-14-21-8-2-3-9-22(21)20-25)23-16-18-24(19-17-23)31-28-12-6-4-10-26(28)27-11-5-7-13-29(27)31;1-30(23-11-3-2-4-12-23)24-17-18-29-27(20-24)26-13-7-8-14-28(26)31(29)25-16-15-21-9-5-6-10-22(21)19-25/h2-26H,1H3;2-24H,1H3;2*2-20H,1H3. The van der Waals surface area contributed by atoms with Crippen LogP contribution in [0.5, 0.6) is 0 Å². The van der Waals surface area contributed by atoms with Crippen molar-refractivity contribution in [3.8, 4) is 56.1 Å². The zero-order chi connectivity index (χ0) is 92.5. The molecule has 0 radical (unpaired) electrons. The molecule has 0 amide bonds. The minimum atomic E-state index is 1.16. The molecule has 0 atom stereocenters. The molecule has 658 valence electrons. The Labute approximate surface area is 803 Å². The fraction of sp³-hybridized carbons (Fsp3) is 0.0308. The van der Waals surface area contributed by atoms with Gasteiger partial charge >= 0.3 is 0 Å². The van der Waals surface area contributed by atoms with Gasteiger partial charge in [0.2, 0.25) is 0 Å². The number of fused-ring (bicyclic) bond motifs is 15. The maximum absolute atomic E-state index is 2.38. The maximum atomic E-state index is 2.38. The summed E-state index contributed by atoms with van der Waals surface area (Å²) >= 11 is 0. The molecule has 0 N–H and O–H groups in total. The Morgan fingerprint density at radius 1 is 0.123 bits per heavy atom. The van der Waals surface area contributed by atoms with Gasteiger partial charge in [0.25, 0.3) is 0 Å². The van der Waals surface area contributed by atoms with Crippen LogP contribution in [0.25, 0.3) is 176 Å². The zero-order valence-electron chi connectivity index (χ0n) is 77.2. The lowest BCUT2D eigenvalue weighted by molar-refractivity contribution is 1.16. The molecule has 0 aliphatic heterocycles.